The molecule has 2 rings (SSSR count). The number of anilines is 2. The molecule has 0 spiro atoms. The summed E-state index contributed by atoms with van der Waals surface area (Å²) < 4.78 is 0. The molecule has 0 radical (unpaired) electrons. The Kier molecular flexibility index (Phi) is 4.59. The van der Waals surface area contributed by atoms with E-state index in [1.807, 2.05) is 24.4 Å². The maximum Gasteiger partial charge on any atom is 0.335 e. The second-order valence-corrected chi connectivity index (χ2v) is 5.51. The first-order chi connectivity index (χ1) is 10.0. The Hall–Kier alpha value is -2.34. The van der Waals surface area contributed by atoms with Crippen molar-refractivity contribution in [3.05, 3.63) is 46.2 Å². The molecule has 110 valence electrons. The first kappa shape index (κ1) is 15.1. The number of hydrogen-bond donors (Lipinski definition) is 2. The lowest BCUT2D eigenvalue weighted by molar-refractivity contribution is -0.117. The predicted octanol–water partition coefficient (Wildman–Crippen LogP) is 2.62. The van der Waals surface area contributed by atoms with Gasteiger partial charge in [0.25, 0.3) is 0 Å². The van der Waals surface area contributed by atoms with Crippen molar-refractivity contribution in [2.24, 2.45) is 0 Å². The highest BCUT2D eigenvalue weighted by atomic mass is 32.1. The lowest BCUT2D eigenvalue weighted by Gasteiger charge is -2.22. The van der Waals surface area contributed by atoms with E-state index in [0.717, 1.165) is 4.88 Å². The molecule has 0 atom stereocenters. The van der Waals surface area contributed by atoms with E-state index in [0.29, 0.717) is 18.7 Å². The van der Waals surface area contributed by atoms with Gasteiger partial charge >= 0.3 is 5.97 Å². The summed E-state index contributed by atoms with van der Waals surface area (Å²) in [5, 5.41) is 10.9. The van der Waals surface area contributed by atoms with Crippen LogP contribution in [0.1, 0.15) is 22.2 Å². The number of hydrogen-bond acceptors (Lipinski definition) is 4. The molecule has 1 aromatic heterocycles. The van der Waals surface area contributed by atoms with E-state index >= 15 is 0 Å². The molecule has 0 saturated carbocycles. The molecule has 5 nitrogen and oxygen atoms in total. The van der Waals surface area contributed by atoms with E-state index in [2.05, 4.69) is 0 Å². The Morgan fingerprint density at radius 1 is 1.33 bits per heavy atom. The van der Waals surface area contributed by atoms with Crippen LogP contribution in [0.25, 0.3) is 0 Å². The summed E-state index contributed by atoms with van der Waals surface area (Å²) >= 11 is 1.53. The van der Waals surface area contributed by atoms with E-state index in [4.69, 9.17) is 10.8 Å². The number of aromatic carboxylic acids is 1. The summed E-state index contributed by atoms with van der Waals surface area (Å²) in [7, 11) is 0. The third kappa shape index (κ3) is 3.41. The number of carboxylic acids is 1. The maximum atomic E-state index is 12.4. The summed E-state index contributed by atoms with van der Waals surface area (Å²) in [5.41, 5.74) is 6.84. The van der Waals surface area contributed by atoms with Gasteiger partial charge in [-0.05, 0) is 36.6 Å². The number of rotatable bonds is 5. The average Bonchev–Trinajstić information content (AvgIpc) is 2.94. The second kappa shape index (κ2) is 6.41. The van der Waals surface area contributed by atoms with Crippen LogP contribution in [0.3, 0.4) is 0 Å². The first-order valence-corrected chi connectivity index (χ1v) is 7.36. The number of nitrogens with zero attached hydrogens (tertiary/aromatic N) is 1. The molecule has 0 bridgehead atoms. The molecule has 0 unspecified atom stereocenters. The number of carboxylic acid groups (broad SMARTS) is 1. The zero-order chi connectivity index (χ0) is 15.4. The number of nitrogen functional groups attached to an aromatic ring is 1. The van der Waals surface area contributed by atoms with Crippen LogP contribution >= 0.6 is 11.3 Å². The van der Waals surface area contributed by atoms with Gasteiger partial charge in [-0.25, -0.2) is 4.79 Å². The van der Waals surface area contributed by atoms with Crippen LogP contribution in [0.15, 0.2) is 35.7 Å². The molecule has 1 heterocycles. The number of carbonyl (C=O) groups excluding carboxylic acids is 1. The van der Waals surface area contributed by atoms with Gasteiger partial charge in [-0.15, -0.1) is 11.3 Å². The average molecular weight is 304 g/mol. The minimum absolute atomic E-state index is 0.0604. The van der Waals surface area contributed by atoms with Gasteiger partial charge in [-0.1, -0.05) is 6.07 Å². The Morgan fingerprint density at radius 3 is 2.62 bits per heavy atom. The molecule has 3 N–H and O–H groups in total. The summed E-state index contributed by atoms with van der Waals surface area (Å²) in [6.45, 7) is 2.33. The van der Waals surface area contributed by atoms with Crippen LogP contribution in [0.2, 0.25) is 0 Å². The van der Waals surface area contributed by atoms with Crippen molar-refractivity contribution in [3.63, 3.8) is 0 Å². The number of amides is 1. The highest BCUT2D eigenvalue weighted by Gasteiger charge is 2.18. The zero-order valence-corrected chi connectivity index (χ0v) is 12.4. The quantitative estimate of drug-likeness (QED) is 0.832. The monoisotopic (exact) mass is 304 g/mol. The van der Waals surface area contributed by atoms with E-state index < -0.39 is 5.97 Å². The van der Waals surface area contributed by atoms with Crippen LogP contribution in [0, 0.1) is 0 Å². The molecule has 1 amide bonds. The van der Waals surface area contributed by atoms with Crippen molar-refractivity contribution < 1.29 is 14.7 Å². The van der Waals surface area contributed by atoms with E-state index in [-0.39, 0.29) is 17.2 Å². The number of likely N-dealkylation sites (N-methyl/N-ethyl adjacent to an activating group) is 1. The van der Waals surface area contributed by atoms with Gasteiger partial charge in [0.05, 0.1) is 23.4 Å². The van der Waals surface area contributed by atoms with Crippen LogP contribution in [0.4, 0.5) is 11.4 Å². The molecular formula is C15H16N2O3S. The van der Waals surface area contributed by atoms with Gasteiger partial charge in [0.2, 0.25) is 5.91 Å². The molecule has 2 aromatic rings. The molecule has 6 heteroatoms. The molecule has 0 aliphatic heterocycles. The smallest absolute Gasteiger partial charge is 0.335 e. The first-order valence-electron chi connectivity index (χ1n) is 6.48. The minimum atomic E-state index is -1.04. The lowest BCUT2D eigenvalue weighted by atomic mass is 10.1. The van der Waals surface area contributed by atoms with E-state index in [1.165, 1.54) is 23.5 Å². The third-order valence-corrected chi connectivity index (χ3v) is 3.96. The van der Waals surface area contributed by atoms with Gasteiger partial charge in [-0.3, -0.25) is 4.79 Å². The van der Waals surface area contributed by atoms with Crippen molar-refractivity contribution in [1.82, 2.24) is 0 Å². The highest BCUT2D eigenvalue weighted by Crippen LogP contribution is 2.25. The fourth-order valence-corrected chi connectivity index (χ4v) is 2.77. The maximum absolute atomic E-state index is 12.4. The zero-order valence-electron chi connectivity index (χ0n) is 11.6. The van der Waals surface area contributed by atoms with Gasteiger partial charge in [0.15, 0.2) is 0 Å². The topological polar surface area (TPSA) is 83.6 Å². The Bertz CT molecular complexity index is 653. The molecule has 0 fully saturated rings. The van der Waals surface area contributed by atoms with Crippen LogP contribution in [-0.2, 0) is 11.2 Å². The van der Waals surface area contributed by atoms with Crippen molar-refractivity contribution in [3.8, 4) is 0 Å². The number of carbonyl (C=O) groups is 2. The van der Waals surface area contributed by atoms with Gasteiger partial charge in [-0.2, -0.15) is 0 Å². The Labute approximate surface area is 126 Å². The molecule has 21 heavy (non-hydrogen) atoms. The third-order valence-electron chi connectivity index (χ3n) is 3.09. The Balaban J connectivity index is 2.24. The van der Waals surface area contributed by atoms with Crippen molar-refractivity contribution in [1.29, 1.82) is 0 Å². The molecule has 0 saturated heterocycles. The summed E-state index contributed by atoms with van der Waals surface area (Å²) in [6, 6.07) is 8.22. The summed E-state index contributed by atoms with van der Waals surface area (Å²) in [4.78, 5) is 25.8. The van der Waals surface area contributed by atoms with Crippen LogP contribution in [0.5, 0.6) is 0 Å². The fraction of sp³-hybridized carbons (Fsp3) is 0.200. The number of benzene rings is 1. The minimum Gasteiger partial charge on any atom is -0.478 e. The molecule has 0 aliphatic rings. The number of thiophene rings is 1. The van der Waals surface area contributed by atoms with Gasteiger partial charge in [0.1, 0.15) is 0 Å². The SMILES string of the molecule is CCN(C(=O)Cc1cccs1)c1ccc(C(=O)O)cc1N. The van der Waals surface area contributed by atoms with Crippen molar-refractivity contribution in [2.75, 3.05) is 17.2 Å². The summed E-state index contributed by atoms with van der Waals surface area (Å²) in [6.07, 6.45) is 0.311. The number of nitrogens with two attached hydrogens (primary N) is 1. The predicted molar refractivity (Wildman–Crippen MR) is 83.9 cm³/mol. The van der Waals surface area contributed by atoms with Gasteiger partial charge in [0, 0.05) is 11.4 Å². The molecule has 0 aliphatic carbocycles. The largest absolute Gasteiger partial charge is 0.478 e. The standard InChI is InChI=1S/C15H16N2O3S/c1-2-17(14(18)9-11-4-3-7-21-11)13-6-5-10(15(19)20)8-12(13)16/h3-8H,2,9,16H2,1H3,(H,19,20). The van der Waals surface area contributed by atoms with E-state index in [1.54, 1.807) is 11.0 Å². The van der Waals surface area contributed by atoms with Crippen molar-refractivity contribution >= 4 is 34.6 Å². The highest BCUT2D eigenvalue weighted by molar-refractivity contribution is 7.10. The fourth-order valence-electron chi connectivity index (χ4n) is 2.07. The van der Waals surface area contributed by atoms with E-state index in [9.17, 15) is 9.59 Å². The second-order valence-electron chi connectivity index (χ2n) is 4.47. The van der Waals surface area contributed by atoms with Crippen LogP contribution in [-0.4, -0.2) is 23.5 Å². The molecular weight excluding hydrogens is 288 g/mol. The molecule has 1 aromatic carbocycles. The lowest BCUT2D eigenvalue weighted by Crippen LogP contribution is -2.32. The summed E-state index contributed by atoms with van der Waals surface area (Å²) in [5.74, 6) is -1.10. The van der Waals surface area contributed by atoms with Crippen molar-refractivity contribution in [2.45, 2.75) is 13.3 Å². The normalized spacial score (nSPS) is 10.3. The Morgan fingerprint density at radius 2 is 2.10 bits per heavy atom. The van der Waals surface area contributed by atoms with Gasteiger partial charge < -0.3 is 15.7 Å². The van der Waals surface area contributed by atoms with Crippen LogP contribution < -0.4 is 10.6 Å².